The standard InChI is InChI=1S/C9H18N2O3S3/c1-17(14)5-3-2-4-11-9(15)16-6-7(10)8(12)13/h7H,2-6,10H2,1H3,(H,11,15)(H,12,13)/t7-,17?/m1/s1. The summed E-state index contributed by atoms with van der Waals surface area (Å²) in [6, 6.07) is -0.887. The van der Waals surface area contributed by atoms with Crippen LogP contribution in [-0.4, -0.2) is 50.0 Å². The van der Waals surface area contributed by atoms with Crippen LogP contribution in [0.5, 0.6) is 0 Å². The van der Waals surface area contributed by atoms with E-state index in [0.29, 0.717) is 16.6 Å². The topological polar surface area (TPSA) is 92.4 Å². The molecule has 0 saturated heterocycles. The van der Waals surface area contributed by atoms with E-state index in [4.69, 9.17) is 23.1 Å². The van der Waals surface area contributed by atoms with Crippen molar-refractivity contribution in [3.8, 4) is 0 Å². The average molecular weight is 298 g/mol. The maximum absolute atomic E-state index is 10.8. The van der Waals surface area contributed by atoms with Crippen molar-refractivity contribution in [3.63, 3.8) is 0 Å². The van der Waals surface area contributed by atoms with Crippen LogP contribution in [0.1, 0.15) is 12.8 Å². The van der Waals surface area contributed by atoms with Gasteiger partial charge in [0.05, 0.1) is 0 Å². The average Bonchev–Trinajstić information content (AvgIpc) is 2.24. The molecule has 0 aromatic heterocycles. The number of carboxylic acid groups (broad SMARTS) is 1. The first kappa shape index (κ1) is 16.8. The molecule has 0 radical (unpaired) electrons. The van der Waals surface area contributed by atoms with E-state index in [1.165, 1.54) is 11.8 Å². The number of thioether (sulfide) groups is 1. The Bertz CT molecular complexity index is 287. The number of nitrogens with two attached hydrogens (primary N) is 1. The van der Waals surface area contributed by atoms with Gasteiger partial charge in [-0.15, -0.1) is 0 Å². The van der Waals surface area contributed by atoms with E-state index >= 15 is 0 Å². The third kappa shape index (κ3) is 10.7. The van der Waals surface area contributed by atoms with Gasteiger partial charge in [0.1, 0.15) is 10.4 Å². The predicted octanol–water partition coefficient (Wildman–Crippen LogP) is 0.165. The zero-order chi connectivity index (χ0) is 13.3. The Labute approximate surface area is 113 Å². The first-order valence-electron chi connectivity index (χ1n) is 5.12. The predicted molar refractivity (Wildman–Crippen MR) is 76.8 cm³/mol. The maximum atomic E-state index is 10.8. The molecule has 0 rings (SSSR count). The van der Waals surface area contributed by atoms with Crippen molar-refractivity contribution in [3.05, 3.63) is 0 Å². The molecule has 100 valence electrons. The van der Waals surface area contributed by atoms with Crippen molar-refractivity contribution in [2.75, 3.05) is 24.3 Å². The molecule has 0 aromatic rings. The van der Waals surface area contributed by atoms with Crippen LogP contribution in [0.4, 0.5) is 0 Å². The van der Waals surface area contributed by atoms with Crippen LogP contribution in [0.25, 0.3) is 0 Å². The van der Waals surface area contributed by atoms with Gasteiger partial charge < -0.3 is 16.2 Å². The lowest BCUT2D eigenvalue weighted by Gasteiger charge is -2.09. The number of unbranched alkanes of at least 4 members (excludes halogenated alkanes) is 1. The minimum absolute atomic E-state index is 0.264. The van der Waals surface area contributed by atoms with Gasteiger partial charge in [0, 0.05) is 35.1 Å². The van der Waals surface area contributed by atoms with E-state index in [0.717, 1.165) is 12.8 Å². The molecular weight excluding hydrogens is 280 g/mol. The highest BCUT2D eigenvalue weighted by Crippen LogP contribution is 2.04. The van der Waals surface area contributed by atoms with Crippen molar-refractivity contribution in [1.29, 1.82) is 0 Å². The molecule has 17 heavy (non-hydrogen) atoms. The monoisotopic (exact) mass is 298 g/mol. The number of carboxylic acids is 1. The fourth-order valence-corrected chi connectivity index (χ4v) is 2.50. The Kier molecular flexibility index (Phi) is 9.71. The van der Waals surface area contributed by atoms with E-state index < -0.39 is 22.8 Å². The zero-order valence-electron chi connectivity index (χ0n) is 9.68. The number of thiocarbonyl (C=S) groups is 1. The molecule has 0 spiro atoms. The van der Waals surface area contributed by atoms with Gasteiger partial charge in [0.15, 0.2) is 0 Å². The summed E-state index contributed by atoms with van der Waals surface area (Å²) >= 11 is 6.24. The van der Waals surface area contributed by atoms with Crippen molar-refractivity contribution in [2.24, 2.45) is 5.73 Å². The summed E-state index contributed by atoms with van der Waals surface area (Å²) < 4.78 is 11.3. The second-order valence-electron chi connectivity index (χ2n) is 3.45. The van der Waals surface area contributed by atoms with Crippen LogP contribution < -0.4 is 11.1 Å². The fraction of sp³-hybridized carbons (Fsp3) is 0.778. The molecule has 0 heterocycles. The minimum Gasteiger partial charge on any atom is -0.480 e. The number of aliphatic carboxylic acids is 1. The van der Waals surface area contributed by atoms with E-state index in [1.807, 2.05) is 0 Å². The smallest absolute Gasteiger partial charge is 0.321 e. The van der Waals surface area contributed by atoms with Crippen LogP contribution in [0.15, 0.2) is 0 Å². The third-order valence-electron chi connectivity index (χ3n) is 1.84. The summed E-state index contributed by atoms with van der Waals surface area (Å²) in [5, 5.41) is 11.6. The quantitative estimate of drug-likeness (QED) is 0.434. The number of carbonyl (C=O) groups is 1. The van der Waals surface area contributed by atoms with Crippen LogP contribution in [0, 0.1) is 0 Å². The summed E-state index contributed by atoms with van der Waals surface area (Å²) in [5.74, 6) is -0.0586. The molecule has 8 heteroatoms. The van der Waals surface area contributed by atoms with Crippen LogP contribution in [0.3, 0.4) is 0 Å². The molecule has 0 aromatic carbocycles. The van der Waals surface area contributed by atoms with Crippen molar-refractivity contribution < 1.29 is 14.1 Å². The van der Waals surface area contributed by atoms with Crippen molar-refractivity contribution in [2.45, 2.75) is 18.9 Å². The highest BCUT2D eigenvalue weighted by molar-refractivity contribution is 8.23. The van der Waals surface area contributed by atoms with Gasteiger partial charge in [0.25, 0.3) is 0 Å². The highest BCUT2D eigenvalue weighted by Gasteiger charge is 2.12. The maximum Gasteiger partial charge on any atom is 0.321 e. The lowest BCUT2D eigenvalue weighted by atomic mass is 10.3. The van der Waals surface area contributed by atoms with Gasteiger partial charge in [-0.1, -0.05) is 24.0 Å². The van der Waals surface area contributed by atoms with E-state index in [9.17, 15) is 9.00 Å². The van der Waals surface area contributed by atoms with Gasteiger partial charge in [-0.2, -0.15) is 0 Å². The summed E-state index contributed by atoms with van der Waals surface area (Å²) in [4.78, 5) is 10.4. The molecule has 0 aliphatic rings. The second-order valence-corrected chi connectivity index (χ2v) is 6.71. The molecule has 0 bridgehead atoms. The van der Waals surface area contributed by atoms with Crippen LogP contribution >= 0.6 is 24.0 Å². The number of rotatable bonds is 8. The SMILES string of the molecule is CS(=O)CCCCNC(=S)SC[C@@H](N)C(=O)O. The highest BCUT2D eigenvalue weighted by atomic mass is 32.2. The number of hydrogen-bond acceptors (Lipinski definition) is 5. The van der Waals surface area contributed by atoms with Gasteiger partial charge in [-0.25, -0.2) is 0 Å². The lowest BCUT2D eigenvalue weighted by molar-refractivity contribution is -0.137. The van der Waals surface area contributed by atoms with Gasteiger partial charge in [-0.05, 0) is 12.8 Å². The van der Waals surface area contributed by atoms with Crippen molar-refractivity contribution in [1.82, 2.24) is 5.32 Å². The Morgan fingerprint density at radius 1 is 1.59 bits per heavy atom. The van der Waals surface area contributed by atoms with Crippen molar-refractivity contribution >= 4 is 45.1 Å². The molecule has 2 atom stereocenters. The molecule has 0 amide bonds. The lowest BCUT2D eigenvalue weighted by Crippen LogP contribution is -2.34. The van der Waals surface area contributed by atoms with Crippen LogP contribution in [-0.2, 0) is 15.6 Å². The Hall–Kier alpha value is -0.180. The molecule has 0 aliphatic carbocycles. The number of hydrogen-bond donors (Lipinski definition) is 3. The van der Waals surface area contributed by atoms with Crippen LogP contribution in [0.2, 0.25) is 0 Å². The molecule has 4 N–H and O–H groups in total. The Morgan fingerprint density at radius 3 is 2.76 bits per heavy atom. The zero-order valence-corrected chi connectivity index (χ0v) is 12.1. The molecular formula is C9H18N2O3S3. The Balaban J connectivity index is 3.47. The molecule has 0 saturated carbocycles. The number of nitrogens with one attached hydrogen (secondary N) is 1. The fourth-order valence-electron chi connectivity index (χ4n) is 0.909. The largest absolute Gasteiger partial charge is 0.480 e. The summed E-state index contributed by atoms with van der Waals surface area (Å²) in [6.45, 7) is 0.714. The first-order valence-corrected chi connectivity index (χ1v) is 8.24. The summed E-state index contributed by atoms with van der Waals surface area (Å²) in [5.41, 5.74) is 5.33. The summed E-state index contributed by atoms with van der Waals surface area (Å²) in [6.07, 6.45) is 3.46. The van der Waals surface area contributed by atoms with E-state index in [-0.39, 0.29) is 5.75 Å². The molecule has 0 fully saturated rings. The molecule has 0 aliphatic heterocycles. The first-order chi connectivity index (χ1) is 7.93. The van der Waals surface area contributed by atoms with Gasteiger partial charge >= 0.3 is 5.97 Å². The molecule has 1 unspecified atom stereocenters. The second kappa shape index (κ2) is 9.81. The third-order valence-corrected chi connectivity index (χ3v) is 4.13. The van der Waals surface area contributed by atoms with E-state index in [1.54, 1.807) is 6.26 Å². The molecule has 5 nitrogen and oxygen atoms in total. The normalized spacial score (nSPS) is 14.0. The summed E-state index contributed by atoms with van der Waals surface area (Å²) in [7, 11) is -0.742. The Morgan fingerprint density at radius 2 is 2.24 bits per heavy atom. The van der Waals surface area contributed by atoms with E-state index in [2.05, 4.69) is 5.32 Å². The minimum atomic E-state index is -1.02. The van der Waals surface area contributed by atoms with Gasteiger partial charge in [-0.3, -0.25) is 9.00 Å². The van der Waals surface area contributed by atoms with Gasteiger partial charge in [0.2, 0.25) is 0 Å².